The van der Waals surface area contributed by atoms with Gasteiger partial charge in [0.25, 0.3) is 0 Å². The molecule has 1 heterocycles. The number of benzene rings is 1. The van der Waals surface area contributed by atoms with Gasteiger partial charge in [0.2, 0.25) is 10.0 Å². The number of sulfonamides is 1. The standard InChI is InChI=1S/C15H21BrN2O3S.ClH/c1-21-14-6-5-11(16)7-15(14)22(19,20)18-8-10-3-2-4-13(17)12(10)9-18;/h5-7,10,12-13H,2-4,8-9,17H2,1H3;1H. The van der Waals surface area contributed by atoms with Gasteiger partial charge in [-0.05, 0) is 42.9 Å². The third-order valence-electron chi connectivity index (χ3n) is 4.86. The molecule has 1 aromatic rings. The number of fused-ring (bicyclic) bond motifs is 1. The highest BCUT2D eigenvalue weighted by Gasteiger charge is 2.43. The first-order chi connectivity index (χ1) is 10.4. The van der Waals surface area contributed by atoms with Gasteiger partial charge in [-0.1, -0.05) is 22.4 Å². The Morgan fingerprint density at radius 3 is 2.70 bits per heavy atom. The van der Waals surface area contributed by atoms with Crippen molar-refractivity contribution in [2.75, 3.05) is 20.2 Å². The van der Waals surface area contributed by atoms with Gasteiger partial charge in [0.1, 0.15) is 10.6 Å². The Bertz CT molecular complexity index is 671. The lowest BCUT2D eigenvalue weighted by Crippen LogP contribution is -2.38. The maximum absolute atomic E-state index is 13.0. The lowest BCUT2D eigenvalue weighted by atomic mass is 9.78. The number of nitrogens with two attached hydrogens (primary N) is 1. The summed E-state index contributed by atoms with van der Waals surface area (Å²) in [5, 5.41) is 0. The first kappa shape index (κ1) is 19.0. The summed E-state index contributed by atoms with van der Waals surface area (Å²) in [6.07, 6.45) is 3.16. The maximum Gasteiger partial charge on any atom is 0.246 e. The molecule has 2 fully saturated rings. The summed E-state index contributed by atoms with van der Waals surface area (Å²) in [7, 11) is -2.07. The Hall–Kier alpha value is -0.340. The van der Waals surface area contributed by atoms with Crippen LogP contribution in [0.4, 0.5) is 0 Å². The van der Waals surface area contributed by atoms with Crippen LogP contribution in [0.25, 0.3) is 0 Å². The van der Waals surface area contributed by atoms with Crippen molar-refractivity contribution in [2.24, 2.45) is 17.6 Å². The third kappa shape index (κ3) is 3.54. The molecule has 1 saturated carbocycles. The molecule has 0 amide bonds. The van der Waals surface area contributed by atoms with Crippen molar-refractivity contribution < 1.29 is 13.2 Å². The number of ether oxygens (including phenoxy) is 1. The second-order valence-electron chi connectivity index (χ2n) is 6.14. The van der Waals surface area contributed by atoms with Crippen LogP contribution in [-0.4, -0.2) is 39.0 Å². The zero-order chi connectivity index (χ0) is 15.9. The van der Waals surface area contributed by atoms with Crippen molar-refractivity contribution in [2.45, 2.75) is 30.2 Å². The van der Waals surface area contributed by atoms with Crippen LogP contribution in [0.2, 0.25) is 0 Å². The summed E-state index contributed by atoms with van der Waals surface area (Å²) in [5.74, 6) is 1.04. The summed E-state index contributed by atoms with van der Waals surface area (Å²) in [5.41, 5.74) is 6.19. The van der Waals surface area contributed by atoms with E-state index in [9.17, 15) is 8.42 Å². The molecule has 0 bridgehead atoms. The lowest BCUT2D eigenvalue weighted by Gasteiger charge is -2.29. The summed E-state index contributed by atoms with van der Waals surface area (Å²) >= 11 is 3.34. The molecule has 0 spiro atoms. The molecule has 8 heteroatoms. The molecule has 1 saturated heterocycles. The van der Waals surface area contributed by atoms with Crippen LogP contribution in [0.15, 0.2) is 27.6 Å². The Morgan fingerprint density at radius 1 is 1.30 bits per heavy atom. The molecule has 3 rings (SSSR count). The largest absolute Gasteiger partial charge is 0.495 e. The van der Waals surface area contributed by atoms with E-state index in [1.807, 2.05) is 0 Å². The van der Waals surface area contributed by atoms with Crippen molar-refractivity contribution >= 4 is 38.4 Å². The fourth-order valence-electron chi connectivity index (χ4n) is 3.66. The molecule has 1 aliphatic carbocycles. The topological polar surface area (TPSA) is 72.6 Å². The van der Waals surface area contributed by atoms with E-state index in [2.05, 4.69) is 15.9 Å². The highest BCUT2D eigenvalue weighted by molar-refractivity contribution is 9.10. The molecule has 0 radical (unpaired) electrons. The number of hydrogen-bond donors (Lipinski definition) is 1. The zero-order valence-electron chi connectivity index (χ0n) is 12.9. The minimum Gasteiger partial charge on any atom is -0.495 e. The monoisotopic (exact) mass is 424 g/mol. The van der Waals surface area contributed by atoms with E-state index < -0.39 is 10.0 Å². The Kier molecular flexibility index (Phi) is 6.00. The van der Waals surface area contributed by atoms with E-state index >= 15 is 0 Å². The minimum absolute atomic E-state index is 0. The number of nitrogens with zero attached hydrogens (tertiary/aromatic N) is 1. The van der Waals surface area contributed by atoms with Gasteiger partial charge in [0.05, 0.1) is 7.11 Å². The van der Waals surface area contributed by atoms with Gasteiger partial charge in [-0.2, -0.15) is 4.31 Å². The fraction of sp³-hybridized carbons (Fsp3) is 0.600. The highest BCUT2D eigenvalue weighted by atomic mass is 79.9. The summed E-state index contributed by atoms with van der Waals surface area (Å²) in [6, 6.07) is 5.17. The van der Waals surface area contributed by atoms with Crippen molar-refractivity contribution in [3.05, 3.63) is 22.7 Å². The van der Waals surface area contributed by atoms with Crippen LogP contribution in [0.5, 0.6) is 5.75 Å². The van der Waals surface area contributed by atoms with Crippen molar-refractivity contribution in [1.82, 2.24) is 4.31 Å². The number of methoxy groups -OCH3 is 1. The Labute approximate surface area is 152 Å². The van der Waals surface area contributed by atoms with Crippen molar-refractivity contribution in [3.8, 4) is 5.75 Å². The average Bonchev–Trinajstić information content (AvgIpc) is 2.93. The highest BCUT2D eigenvalue weighted by Crippen LogP contribution is 2.39. The second kappa shape index (κ2) is 7.27. The van der Waals surface area contributed by atoms with Gasteiger partial charge in [-0.15, -0.1) is 12.4 Å². The zero-order valence-corrected chi connectivity index (χ0v) is 16.2. The molecule has 3 atom stereocenters. The summed E-state index contributed by atoms with van der Waals surface area (Å²) in [4.78, 5) is 0.219. The van der Waals surface area contributed by atoms with Crippen LogP contribution >= 0.6 is 28.3 Å². The molecule has 1 aromatic carbocycles. The van der Waals surface area contributed by atoms with Crippen LogP contribution in [-0.2, 0) is 10.0 Å². The fourth-order valence-corrected chi connectivity index (χ4v) is 5.89. The summed E-state index contributed by atoms with van der Waals surface area (Å²) < 4.78 is 33.5. The minimum atomic E-state index is -3.56. The van der Waals surface area contributed by atoms with Gasteiger partial charge in [-0.25, -0.2) is 8.42 Å². The van der Waals surface area contributed by atoms with Crippen LogP contribution in [0.3, 0.4) is 0 Å². The van der Waals surface area contributed by atoms with E-state index in [1.54, 1.807) is 22.5 Å². The molecule has 3 unspecified atom stereocenters. The first-order valence-corrected chi connectivity index (χ1v) is 9.76. The quantitative estimate of drug-likeness (QED) is 0.808. The van der Waals surface area contributed by atoms with Crippen molar-refractivity contribution in [3.63, 3.8) is 0 Å². The van der Waals surface area contributed by atoms with E-state index in [1.165, 1.54) is 7.11 Å². The van der Waals surface area contributed by atoms with Gasteiger partial charge >= 0.3 is 0 Å². The van der Waals surface area contributed by atoms with E-state index in [4.69, 9.17) is 10.5 Å². The molecular formula is C15H22BrClN2O3S. The maximum atomic E-state index is 13.0. The van der Waals surface area contributed by atoms with Gasteiger partial charge < -0.3 is 10.5 Å². The predicted molar refractivity (Wildman–Crippen MR) is 95.5 cm³/mol. The third-order valence-corrected chi connectivity index (χ3v) is 7.21. The molecule has 2 N–H and O–H groups in total. The molecule has 5 nitrogen and oxygen atoms in total. The second-order valence-corrected chi connectivity index (χ2v) is 8.96. The van der Waals surface area contributed by atoms with E-state index in [0.29, 0.717) is 24.8 Å². The number of halogens is 2. The molecular weight excluding hydrogens is 404 g/mol. The van der Waals surface area contributed by atoms with Gasteiger partial charge in [0, 0.05) is 23.6 Å². The molecule has 2 aliphatic rings. The average molecular weight is 426 g/mol. The number of rotatable bonds is 3. The van der Waals surface area contributed by atoms with Crippen LogP contribution < -0.4 is 10.5 Å². The van der Waals surface area contributed by atoms with Gasteiger partial charge in [-0.3, -0.25) is 0 Å². The smallest absolute Gasteiger partial charge is 0.246 e. The Morgan fingerprint density at radius 2 is 2.04 bits per heavy atom. The molecule has 0 aromatic heterocycles. The summed E-state index contributed by atoms with van der Waals surface area (Å²) in [6.45, 7) is 1.08. The first-order valence-electron chi connectivity index (χ1n) is 7.52. The Balaban J connectivity index is 0.00000192. The van der Waals surface area contributed by atoms with E-state index in [-0.39, 0.29) is 29.3 Å². The molecule has 23 heavy (non-hydrogen) atoms. The number of hydrogen-bond acceptors (Lipinski definition) is 4. The molecule has 1 aliphatic heterocycles. The predicted octanol–water partition coefficient (Wildman–Crippen LogP) is 2.63. The van der Waals surface area contributed by atoms with Crippen LogP contribution in [0, 0.1) is 11.8 Å². The van der Waals surface area contributed by atoms with E-state index in [0.717, 1.165) is 23.7 Å². The van der Waals surface area contributed by atoms with Crippen molar-refractivity contribution in [1.29, 1.82) is 0 Å². The SMILES string of the molecule is COc1ccc(Br)cc1S(=O)(=O)N1CC2CCCC(N)C2C1.Cl. The molecule has 130 valence electrons. The van der Waals surface area contributed by atoms with Crippen LogP contribution in [0.1, 0.15) is 19.3 Å². The normalized spacial score (nSPS) is 28.0. The lowest BCUT2D eigenvalue weighted by molar-refractivity contribution is 0.260. The van der Waals surface area contributed by atoms with Gasteiger partial charge in [0.15, 0.2) is 0 Å².